The van der Waals surface area contributed by atoms with Gasteiger partial charge in [-0.25, -0.2) is 18.7 Å². The smallest absolute Gasteiger partial charge is 0.281 e. The van der Waals surface area contributed by atoms with Crippen LogP contribution in [0.25, 0.3) is 0 Å². The SMILES string of the molecule is COC(C)(C)C(NC(=O)c1cnc(C(F)F)cn1)C(=O)Nc1c(NC(C)C)ncc(C#N)c1C. The van der Waals surface area contributed by atoms with E-state index in [-0.39, 0.29) is 23.0 Å². The first kappa shape index (κ1) is 26.5. The van der Waals surface area contributed by atoms with Crippen LogP contribution >= 0.6 is 0 Å². The molecule has 1 atom stereocenters. The van der Waals surface area contributed by atoms with E-state index in [1.165, 1.54) is 13.3 Å². The number of anilines is 2. The second-order valence-corrected chi connectivity index (χ2v) is 8.26. The van der Waals surface area contributed by atoms with Crippen molar-refractivity contribution in [3.63, 3.8) is 0 Å². The lowest BCUT2D eigenvalue weighted by Gasteiger charge is -2.33. The number of carbonyl (C=O) groups is 2. The average Bonchev–Trinajstić information content (AvgIpc) is 2.79. The fraction of sp³-hybridized carbons (Fsp3) is 0.455. The Balaban J connectivity index is 2.38. The molecule has 0 saturated carbocycles. The van der Waals surface area contributed by atoms with E-state index in [2.05, 4.69) is 30.9 Å². The predicted octanol–water partition coefficient (Wildman–Crippen LogP) is 2.97. The number of pyridine rings is 1. The number of hydrogen-bond acceptors (Lipinski definition) is 8. The van der Waals surface area contributed by atoms with E-state index in [0.717, 1.165) is 12.4 Å². The van der Waals surface area contributed by atoms with Crippen LogP contribution in [0.5, 0.6) is 0 Å². The van der Waals surface area contributed by atoms with Crippen LogP contribution in [0.15, 0.2) is 18.6 Å². The van der Waals surface area contributed by atoms with Crippen molar-refractivity contribution in [3.8, 4) is 6.07 Å². The molecule has 0 aliphatic rings. The van der Waals surface area contributed by atoms with Crippen LogP contribution < -0.4 is 16.0 Å². The third kappa shape index (κ3) is 6.20. The van der Waals surface area contributed by atoms with Gasteiger partial charge in [0.05, 0.1) is 29.2 Å². The summed E-state index contributed by atoms with van der Waals surface area (Å²) in [6.07, 6.45) is 0.268. The van der Waals surface area contributed by atoms with Gasteiger partial charge < -0.3 is 20.7 Å². The molecule has 3 N–H and O–H groups in total. The van der Waals surface area contributed by atoms with Gasteiger partial charge in [-0.3, -0.25) is 14.6 Å². The van der Waals surface area contributed by atoms with Gasteiger partial charge in [0.15, 0.2) is 0 Å². The number of carbonyl (C=O) groups excluding carboxylic acids is 2. The number of ether oxygens (including phenoxy) is 1. The third-order valence-corrected chi connectivity index (χ3v) is 5.02. The zero-order valence-corrected chi connectivity index (χ0v) is 19.7. The summed E-state index contributed by atoms with van der Waals surface area (Å²) >= 11 is 0. The molecular weight excluding hydrogens is 448 g/mol. The van der Waals surface area contributed by atoms with E-state index < -0.39 is 35.6 Å². The summed E-state index contributed by atoms with van der Waals surface area (Å²) in [7, 11) is 1.37. The summed E-state index contributed by atoms with van der Waals surface area (Å²) in [5, 5.41) is 17.7. The van der Waals surface area contributed by atoms with Crippen molar-refractivity contribution < 1.29 is 23.1 Å². The van der Waals surface area contributed by atoms with Crippen LogP contribution in [0.1, 0.15) is 61.4 Å². The molecule has 2 aromatic rings. The number of rotatable bonds is 9. The van der Waals surface area contributed by atoms with Gasteiger partial charge >= 0.3 is 0 Å². The molecule has 34 heavy (non-hydrogen) atoms. The quantitative estimate of drug-likeness (QED) is 0.503. The minimum Gasteiger partial charge on any atom is -0.376 e. The first-order valence-corrected chi connectivity index (χ1v) is 10.3. The molecule has 2 rings (SSSR count). The molecule has 12 heteroatoms. The molecule has 0 aliphatic heterocycles. The molecule has 2 aromatic heterocycles. The molecule has 10 nitrogen and oxygen atoms in total. The largest absolute Gasteiger partial charge is 0.376 e. The van der Waals surface area contributed by atoms with E-state index in [1.54, 1.807) is 20.8 Å². The molecule has 0 aliphatic carbocycles. The number of aromatic nitrogens is 3. The highest BCUT2D eigenvalue weighted by atomic mass is 19.3. The highest BCUT2D eigenvalue weighted by Crippen LogP contribution is 2.28. The fourth-order valence-corrected chi connectivity index (χ4v) is 2.89. The van der Waals surface area contributed by atoms with Crippen molar-refractivity contribution in [2.45, 2.75) is 58.7 Å². The molecule has 2 heterocycles. The Kier molecular flexibility index (Phi) is 8.53. The predicted molar refractivity (Wildman–Crippen MR) is 120 cm³/mol. The third-order valence-electron chi connectivity index (χ3n) is 5.02. The molecule has 0 fully saturated rings. The highest BCUT2D eigenvalue weighted by molar-refractivity contribution is 6.02. The van der Waals surface area contributed by atoms with Crippen molar-refractivity contribution in [1.29, 1.82) is 5.26 Å². The standard InChI is InChI=1S/C22H27F2N7O3/c1-11(2)29-19-16(12(3)13(7-25)8-28-19)30-21(33)17(22(4,5)34-6)31-20(32)15-10-26-14(9-27-15)18(23)24/h8-11,17-18H,1-6H3,(H,28,29)(H,30,33)(H,31,32). The number of alkyl halides is 2. The van der Waals surface area contributed by atoms with Crippen LogP contribution in [0, 0.1) is 18.3 Å². The zero-order chi connectivity index (χ0) is 25.6. The summed E-state index contributed by atoms with van der Waals surface area (Å²) in [5.41, 5.74) is -0.969. The first-order valence-electron chi connectivity index (χ1n) is 10.3. The average molecular weight is 476 g/mol. The van der Waals surface area contributed by atoms with Gasteiger partial charge in [-0.2, -0.15) is 5.26 Å². The Hall–Kier alpha value is -3.72. The van der Waals surface area contributed by atoms with Crippen molar-refractivity contribution in [1.82, 2.24) is 20.3 Å². The molecular formula is C22H27F2N7O3. The number of halogens is 2. The normalized spacial score (nSPS) is 12.3. The van der Waals surface area contributed by atoms with E-state index in [0.29, 0.717) is 11.4 Å². The van der Waals surface area contributed by atoms with E-state index in [4.69, 9.17) is 4.74 Å². The van der Waals surface area contributed by atoms with E-state index in [1.807, 2.05) is 19.9 Å². The van der Waals surface area contributed by atoms with Crippen LogP contribution in [-0.2, 0) is 9.53 Å². The molecule has 1 unspecified atom stereocenters. The summed E-state index contributed by atoms with van der Waals surface area (Å²) < 4.78 is 30.9. The lowest BCUT2D eigenvalue weighted by Crippen LogP contribution is -2.57. The Morgan fingerprint density at radius 1 is 1.15 bits per heavy atom. The second kappa shape index (κ2) is 10.9. The molecule has 2 amide bonds. The maximum Gasteiger partial charge on any atom is 0.281 e. The Morgan fingerprint density at radius 2 is 1.82 bits per heavy atom. The van der Waals surface area contributed by atoms with Gasteiger partial charge in [-0.05, 0) is 40.2 Å². The molecule has 0 radical (unpaired) electrons. The summed E-state index contributed by atoms with van der Waals surface area (Å²) in [6.45, 7) is 8.62. The minimum atomic E-state index is -2.83. The van der Waals surface area contributed by atoms with Gasteiger partial charge in [0, 0.05) is 19.3 Å². The van der Waals surface area contributed by atoms with Gasteiger partial charge in [-0.15, -0.1) is 0 Å². The van der Waals surface area contributed by atoms with Gasteiger partial charge in [0.2, 0.25) is 5.91 Å². The number of hydrogen-bond donors (Lipinski definition) is 3. The van der Waals surface area contributed by atoms with Crippen molar-refractivity contribution >= 4 is 23.3 Å². The van der Waals surface area contributed by atoms with Crippen LogP contribution in [0.4, 0.5) is 20.3 Å². The Labute approximate surface area is 196 Å². The number of amides is 2. The fourth-order valence-electron chi connectivity index (χ4n) is 2.89. The molecule has 0 bridgehead atoms. The van der Waals surface area contributed by atoms with Gasteiger partial charge in [0.1, 0.15) is 29.3 Å². The maximum atomic E-state index is 13.3. The van der Waals surface area contributed by atoms with E-state index in [9.17, 15) is 23.6 Å². The molecule has 0 saturated heterocycles. The number of nitriles is 1. The lowest BCUT2D eigenvalue weighted by atomic mass is 9.97. The van der Waals surface area contributed by atoms with Crippen LogP contribution in [0.3, 0.4) is 0 Å². The lowest BCUT2D eigenvalue weighted by molar-refractivity contribution is -0.124. The first-order chi connectivity index (χ1) is 15.9. The van der Waals surface area contributed by atoms with Gasteiger partial charge in [0.25, 0.3) is 12.3 Å². The number of nitrogens with one attached hydrogen (secondary N) is 3. The Bertz CT molecular complexity index is 1080. The van der Waals surface area contributed by atoms with Gasteiger partial charge in [-0.1, -0.05) is 0 Å². The minimum absolute atomic E-state index is 0.0174. The van der Waals surface area contributed by atoms with Crippen molar-refractivity contribution in [2.75, 3.05) is 17.7 Å². The van der Waals surface area contributed by atoms with Crippen molar-refractivity contribution in [3.05, 3.63) is 41.1 Å². The van der Waals surface area contributed by atoms with E-state index >= 15 is 0 Å². The molecule has 0 aromatic carbocycles. The highest BCUT2D eigenvalue weighted by Gasteiger charge is 2.38. The molecule has 0 spiro atoms. The summed E-state index contributed by atoms with van der Waals surface area (Å²) in [6, 6.07) is 0.767. The topological polar surface area (TPSA) is 142 Å². The Morgan fingerprint density at radius 3 is 2.32 bits per heavy atom. The second-order valence-electron chi connectivity index (χ2n) is 8.26. The maximum absolute atomic E-state index is 13.3. The molecule has 182 valence electrons. The number of methoxy groups -OCH3 is 1. The van der Waals surface area contributed by atoms with Crippen LogP contribution in [0.2, 0.25) is 0 Å². The van der Waals surface area contributed by atoms with Crippen LogP contribution in [-0.4, -0.2) is 51.6 Å². The zero-order valence-electron chi connectivity index (χ0n) is 19.7. The van der Waals surface area contributed by atoms with Crippen molar-refractivity contribution in [2.24, 2.45) is 0 Å². The number of nitrogens with zero attached hydrogens (tertiary/aromatic N) is 4. The monoisotopic (exact) mass is 475 g/mol. The summed E-state index contributed by atoms with van der Waals surface area (Å²) in [4.78, 5) is 37.5. The summed E-state index contributed by atoms with van der Waals surface area (Å²) in [5.74, 6) is -1.10.